The molecule has 0 aliphatic heterocycles. The number of carbonyl (C=O) groups is 1. The third kappa shape index (κ3) is 3.22. The molecular weight excluding hydrogens is 376 g/mol. The van der Waals surface area contributed by atoms with Gasteiger partial charge in [-0.05, 0) is 103 Å². The molecule has 2 fully saturated rings. The average Bonchev–Trinajstić information content (AvgIpc) is 2.97. The van der Waals surface area contributed by atoms with Crippen LogP contribution >= 0.6 is 12.6 Å². The number of rotatable bonds is 3. The molecule has 29 heavy (non-hydrogen) atoms. The summed E-state index contributed by atoms with van der Waals surface area (Å²) in [5.74, 6) is 3.03. The topological polar surface area (TPSA) is 37.3 Å². The van der Waals surface area contributed by atoms with Crippen LogP contribution in [0.4, 0.5) is 0 Å². The normalized spacial score (nSPS) is 33.1. The molecule has 5 rings (SSSR count). The zero-order valence-corrected chi connectivity index (χ0v) is 18.0. The van der Waals surface area contributed by atoms with Crippen molar-refractivity contribution in [2.75, 3.05) is 0 Å². The van der Waals surface area contributed by atoms with Crippen molar-refractivity contribution in [1.82, 2.24) is 0 Å². The van der Waals surface area contributed by atoms with Crippen molar-refractivity contribution in [1.29, 1.82) is 0 Å². The summed E-state index contributed by atoms with van der Waals surface area (Å²) in [5, 5.41) is 9.90. The van der Waals surface area contributed by atoms with Crippen LogP contribution in [0.15, 0.2) is 47.4 Å². The Hall–Kier alpha value is -1.74. The van der Waals surface area contributed by atoms with Crippen LogP contribution in [-0.4, -0.2) is 10.9 Å². The number of ketones is 1. The maximum atomic E-state index is 13.1. The summed E-state index contributed by atoms with van der Waals surface area (Å²) in [6, 6.07) is 14.4. The smallest absolute Gasteiger partial charge is 0.139 e. The predicted molar refractivity (Wildman–Crippen MR) is 119 cm³/mol. The number of phenols is 1. The largest absolute Gasteiger partial charge is 0.508 e. The first-order chi connectivity index (χ1) is 14.0. The van der Waals surface area contributed by atoms with Gasteiger partial charge in [0.2, 0.25) is 0 Å². The highest BCUT2D eigenvalue weighted by Crippen LogP contribution is 2.62. The number of aromatic hydroxyl groups is 1. The molecule has 0 heterocycles. The van der Waals surface area contributed by atoms with E-state index in [0.717, 1.165) is 49.8 Å². The van der Waals surface area contributed by atoms with Crippen LogP contribution in [0.25, 0.3) is 0 Å². The van der Waals surface area contributed by atoms with Gasteiger partial charge >= 0.3 is 0 Å². The van der Waals surface area contributed by atoms with E-state index >= 15 is 0 Å². The van der Waals surface area contributed by atoms with E-state index in [1.807, 2.05) is 12.1 Å². The van der Waals surface area contributed by atoms with Crippen molar-refractivity contribution < 1.29 is 9.90 Å². The highest BCUT2D eigenvalue weighted by Gasteiger charge is 2.58. The van der Waals surface area contributed by atoms with Gasteiger partial charge in [0.25, 0.3) is 0 Å². The summed E-state index contributed by atoms with van der Waals surface area (Å²) >= 11 is 4.39. The van der Waals surface area contributed by atoms with Crippen LogP contribution in [-0.2, 0) is 17.6 Å². The van der Waals surface area contributed by atoms with Gasteiger partial charge in [-0.1, -0.05) is 25.1 Å². The molecule has 3 aliphatic carbocycles. The van der Waals surface area contributed by atoms with Gasteiger partial charge in [-0.2, -0.15) is 0 Å². The van der Waals surface area contributed by atoms with Crippen LogP contribution < -0.4 is 0 Å². The van der Waals surface area contributed by atoms with E-state index in [9.17, 15) is 9.90 Å². The van der Waals surface area contributed by atoms with Crippen molar-refractivity contribution >= 4 is 18.4 Å². The lowest BCUT2D eigenvalue weighted by Crippen LogP contribution is -2.44. The zero-order chi connectivity index (χ0) is 20.2. The fourth-order valence-electron chi connectivity index (χ4n) is 6.91. The minimum Gasteiger partial charge on any atom is -0.508 e. The van der Waals surface area contributed by atoms with Gasteiger partial charge in [0, 0.05) is 16.7 Å². The van der Waals surface area contributed by atoms with Crippen LogP contribution in [0.5, 0.6) is 5.75 Å². The third-order valence-electron chi connectivity index (χ3n) is 8.29. The van der Waals surface area contributed by atoms with Gasteiger partial charge in [-0.15, -0.1) is 12.6 Å². The Labute approximate surface area is 179 Å². The first-order valence-corrected chi connectivity index (χ1v) is 11.5. The second-order valence-electron chi connectivity index (χ2n) is 9.77. The average molecular weight is 407 g/mol. The molecule has 2 aromatic rings. The monoisotopic (exact) mass is 406 g/mol. The molecule has 5 unspecified atom stereocenters. The van der Waals surface area contributed by atoms with Crippen LogP contribution in [0.3, 0.4) is 0 Å². The minimum absolute atomic E-state index is 0.130. The molecule has 152 valence electrons. The Morgan fingerprint density at radius 2 is 1.93 bits per heavy atom. The fraction of sp³-hybridized carbons (Fsp3) is 0.500. The van der Waals surface area contributed by atoms with Gasteiger partial charge < -0.3 is 5.11 Å². The number of Topliss-reactive ketones (excluding diaryl/α,β-unsaturated/α-hetero) is 1. The number of aryl methyl sites for hydroxylation is 2. The van der Waals surface area contributed by atoms with Gasteiger partial charge in [0.1, 0.15) is 11.5 Å². The molecule has 0 radical (unpaired) electrons. The van der Waals surface area contributed by atoms with Gasteiger partial charge in [-0.3, -0.25) is 4.79 Å². The number of hydrogen-bond donors (Lipinski definition) is 2. The molecule has 2 aromatic carbocycles. The fourth-order valence-corrected chi connectivity index (χ4v) is 7.06. The van der Waals surface area contributed by atoms with Crippen LogP contribution in [0.1, 0.15) is 61.6 Å². The summed E-state index contributed by atoms with van der Waals surface area (Å²) in [5.41, 5.74) is 3.97. The lowest BCUT2D eigenvalue weighted by molar-refractivity contribution is -0.129. The number of hydrogen-bond acceptors (Lipinski definition) is 3. The van der Waals surface area contributed by atoms with Crippen molar-refractivity contribution in [2.45, 2.75) is 62.7 Å². The van der Waals surface area contributed by atoms with E-state index in [4.69, 9.17) is 0 Å². The molecule has 0 spiro atoms. The maximum absolute atomic E-state index is 13.1. The number of carbonyl (C=O) groups excluding carboxylic acids is 1. The van der Waals surface area contributed by atoms with E-state index in [0.29, 0.717) is 35.2 Å². The zero-order valence-electron chi connectivity index (χ0n) is 17.1. The molecule has 0 bridgehead atoms. The molecule has 1 N–H and O–H groups in total. The minimum atomic E-state index is -0.130. The van der Waals surface area contributed by atoms with E-state index < -0.39 is 0 Å². The quantitative estimate of drug-likeness (QED) is 0.617. The van der Waals surface area contributed by atoms with E-state index in [-0.39, 0.29) is 5.41 Å². The maximum Gasteiger partial charge on any atom is 0.139 e. The van der Waals surface area contributed by atoms with Crippen LogP contribution in [0, 0.1) is 23.2 Å². The Morgan fingerprint density at radius 1 is 1.14 bits per heavy atom. The first kappa shape index (κ1) is 19.2. The molecule has 0 amide bonds. The molecule has 3 aliphatic rings. The lowest BCUT2D eigenvalue weighted by Gasteiger charge is -2.50. The second-order valence-corrected chi connectivity index (χ2v) is 10.3. The summed E-state index contributed by atoms with van der Waals surface area (Å²) in [6.07, 6.45) is 7.21. The van der Waals surface area contributed by atoms with Gasteiger partial charge in [0.15, 0.2) is 0 Å². The third-order valence-corrected chi connectivity index (χ3v) is 8.59. The highest BCUT2D eigenvalue weighted by molar-refractivity contribution is 7.80. The Balaban J connectivity index is 1.41. The first-order valence-electron chi connectivity index (χ1n) is 11.1. The number of fused-ring (bicyclic) bond motifs is 5. The molecule has 0 aromatic heterocycles. The SMILES string of the molecule is CC12CCC3c4ccc(O)cc4CCC3C1C(CCc1ccc(S)cc1)CC2=O. The predicted octanol–water partition coefficient (Wildman–Crippen LogP) is 5.97. The van der Waals surface area contributed by atoms with Crippen molar-refractivity contribution in [3.8, 4) is 5.75 Å². The molecule has 2 saturated carbocycles. The van der Waals surface area contributed by atoms with Crippen molar-refractivity contribution in [2.24, 2.45) is 23.2 Å². The van der Waals surface area contributed by atoms with Crippen molar-refractivity contribution in [3.63, 3.8) is 0 Å². The van der Waals surface area contributed by atoms with E-state index in [2.05, 4.69) is 49.9 Å². The molecule has 3 heteroatoms. The van der Waals surface area contributed by atoms with Crippen LogP contribution in [0.2, 0.25) is 0 Å². The Kier molecular flexibility index (Phi) is 4.77. The van der Waals surface area contributed by atoms with E-state index in [1.165, 1.54) is 16.7 Å². The molecule has 0 saturated heterocycles. The number of benzene rings is 2. The van der Waals surface area contributed by atoms with Gasteiger partial charge in [-0.25, -0.2) is 0 Å². The summed E-state index contributed by atoms with van der Waals surface area (Å²) in [4.78, 5) is 14.1. The standard InChI is InChI=1S/C26H30O2S/c1-26-13-12-22-21-11-7-19(27)14-17(21)6-10-23(22)25(26)18(15-24(26)28)5-2-16-3-8-20(29)9-4-16/h3-4,7-9,11,14,18,22-23,25,27,29H,2,5-6,10,12-13,15H2,1H3. The highest BCUT2D eigenvalue weighted by atomic mass is 32.1. The Morgan fingerprint density at radius 3 is 2.72 bits per heavy atom. The summed E-state index contributed by atoms with van der Waals surface area (Å²) < 4.78 is 0. The Bertz CT molecular complexity index is 934. The molecular formula is C26H30O2S. The van der Waals surface area contributed by atoms with Crippen molar-refractivity contribution in [3.05, 3.63) is 59.2 Å². The molecule has 2 nitrogen and oxygen atoms in total. The summed E-state index contributed by atoms with van der Waals surface area (Å²) in [7, 11) is 0. The number of thiol groups is 1. The molecule has 5 atom stereocenters. The lowest BCUT2D eigenvalue weighted by atomic mass is 9.54. The summed E-state index contributed by atoms with van der Waals surface area (Å²) in [6.45, 7) is 2.26. The van der Waals surface area contributed by atoms with Gasteiger partial charge in [0.05, 0.1) is 0 Å². The number of phenolic OH excluding ortho intramolecular Hbond substituents is 1. The second kappa shape index (κ2) is 7.19. The van der Waals surface area contributed by atoms with E-state index in [1.54, 1.807) is 0 Å².